The molecule has 2 amide bonds. The quantitative estimate of drug-likeness (QED) is 0.584. The molecular weight excluding hydrogens is 450 g/mol. The van der Waals surface area contributed by atoms with Gasteiger partial charge in [-0.25, -0.2) is 8.42 Å². The Morgan fingerprint density at radius 1 is 1.00 bits per heavy atom. The molecular formula is C26H35N3O4S. The van der Waals surface area contributed by atoms with E-state index in [1.54, 1.807) is 25.1 Å². The number of nitrogens with zero attached hydrogens (tertiary/aromatic N) is 1. The van der Waals surface area contributed by atoms with Crippen molar-refractivity contribution >= 4 is 27.5 Å². The van der Waals surface area contributed by atoms with Crippen LogP contribution in [0.15, 0.2) is 47.4 Å². The van der Waals surface area contributed by atoms with Gasteiger partial charge in [0.25, 0.3) is 15.9 Å². The van der Waals surface area contributed by atoms with Crippen LogP contribution < -0.4 is 10.0 Å². The van der Waals surface area contributed by atoms with Gasteiger partial charge >= 0.3 is 0 Å². The molecule has 0 aliphatic carbocycles. The molecule has 1 saturated heterocycles. The van der Waals surface area contributed by atoms with Crippen molar-refractivity contribution in [2.24, 2.45) is 5.92 Å². The maximum absolute atomic E-state index is 13.0. The number of benzene rings is 2. The summed E-state index contributed by atoms with van der Waals surface area (Å²) in [5, 5.41) is 3.04. The van der Waals surface area contributed by atoms with Gasteiger partial charge in [-0.15, -0.1) is 0 Å². The number of amides is 2. The molecule has 1 aliphatic rings. The number of carbonyl (C=O) groups excluding carboxylic acids is 2. The highest BCUT2D eigenvalue weighted by Gasteiger charge is 2.28. The molecule has 34 heavy (non-hydrogen) atoms. The lowest BCUT2D eigenvalue weighted by Crippen LogP contribution is -2.48. The lowest BCUT2D eigenvalue weighted by molar-refractivity contribution is -0.136. The van der Waals surface area contributed by atoms with E-state index < -0.39 is 10.0 Å². The Labute approximate surface area is 203 Å². The summed E-state index contributed by atoms with van der Waals surface area (Å²) in [6.07, 6.45) is 3.04. The van der Waals surface area contributed by atoms with Crippen LogP contribution in [0.25, 0.3) is 0 Å². The smallest absolute Gasteiger partial charge is 0.261 e. The van der Waals surface area contributed by atoms with Crippen molar-refractivity contribution in [1.82, 2.24) is 10.2 Å². The lowest BCUT2D eigenvalue weighted by atomic mass is 9.98. The van der Waals surface area contributed by atoms with E-state index in [2.05, 4.69) is 10.0 Å². The third-order valence-electron chi connectivity index (χ3n) is 6.63. The molecule has 0 radical (unpaired) electrons. The number of aryl methyl sites for hydroxylation is 2. The Morgan fingerprint density at radius 2 is 1.65 bits per heavy atom. The molecule has 2 aromatic rings. The second-order valence-corrected chi connectivity index (χ2v) is 10.7. The van der Waals surface area contributed by atoms with Crippen molar-refractivity contribution in [3.8, 4) is 0 Å². The summed E-state index contributed by atoms with van der Waals surface area (Å²) in [7, 11) is -3.85. The largest absolute Gasteiger partial charge is 0.349 e. The average molecular weight is 486 g/mol. The predicted molar refractivity (Wildman–Crippen MR) is 134 cm³/mol. The van der Waals surface area contributed by atoms with Gasteiger partial charge < -0.3 is 10.2 Å². The van der Waals surface area contributed by atoms with E-state index in [1.165, 1.54) is 12.1 Å². The number of sulfonamides is 1. The fourth-order valence-electron chi connectivity index (χ4n) is 4.31. The monoisotopic (exact) mass is 485 g/mol. The van der Waals surface area contributed by atoms with E-state index in [4.69, 9.17) is 0 Å². The Balaban J connectivity index is 1.68. The van der Waals surface area contributed by atoms with Crippen LogP contribution in [-0.2, 0) is 14.8 Å². The minimum atomic E-state index is -3.85. The topological polar surface area (TPSA) is 95.6 Å². The molecule has 8 heteroatoms. The normalized spacial score (nSPS) is 14.8. The molecule has 0 unspecified atom stereocenters. The average Bonchev–Trinajstić information content (AvgIpc) is 2.81. The summed E-state index contributed by atoms with van der Waals surface area (Å²) in [5.74, 6) is -0.0355. The highest BCUT2D eigenvalue weighted by molar-refractivity contribution is 7.92. The lowest BCUT2D eigenvalue weighted by Gasteiger charge is -2.34. The first-order valence-electron chi connectivity index (χ1n) is 11.9. The van der Waals surface area contributed by atoms with Gasteiger partial charge in [0.05, 0.1) is 10.6 Å². The number of nitrogens with one attached hydrogen (secondary N) is 2. The van der Waals surface area contributed by atoms with Gasteiger partial charge in [0.15, 0.2) is 0 Å². The summed E-state index contributed by atoms with van der Waals surface area (Å²) in [6, 6.07) is 11.7. The first-order valence-corrected chi connectivity index (χ1v) is 13.4. The van der Waals surface area contributed by atoms with E-state index in [0.29, 0.717) is 42.7 Å². The van der Waals surface area contributed by atoms with Crippen LogP contribution in [0.1, 0.15) is 61.0 Å². The Hall–Kier alpha value is -2.87. The predicted octanol–water partition coefficient (Wildman–Crippen LogP) is 4.26. The molecule has 3 rings (SSSR count). The molecule has 2 N–H and O–H groups in total. The number of likely N-dealkylation sites (tertiary alicyclic amines) is 1. The van der Waals surface area contributed by atoms with Crippen LogP contribution in [0.2, 0.25) is 0 Å². The van der Waals surface area contributed by atoms with Crippen molar-refractivity contribution in [3.63, 3.8) is 0 Å². The van der Waals surface area contributed by atoms with Crippen LogP contribution in [0.4, 0.5) is 5.69 Å². The highest BCUT2D eigenvalue weighted by atomic mass is 32.2. The SMILES string of the molecule is CCC(CC)C(=O)N1CCC(NC(=O)c2cc(S(=O)(=O)Nc3ccccc3C)ccc2C)CC1. The fraction of sp³-hybridized carbons (Fsp3) is 0.462. The van der Waals surface area contributed by atoms with Crippen LogP contribution in [0.5, 0.6) is 0 Å². The van der Waals surface area contributed by atoms with Crippen molar-refractivity contribution in [3.05, 3.63) is 59.2 Å². The third-order valence-corrected chi connectivity index (χ3v) is 7.99. The molecule has 0 atom stereocenters. The van der Waals surface area contributed by atoms with E-state index in [1.807, 2.05) is 37.8 Å². The zero-order valence-electron chi connectivity index (χ0n) is 20.4. The van der Waals surface area contributed by atoms with Crippen molar-refractivity contribution < 1.29 is 18.0 Å². The summed E-state index contributed by atoms with van der Waals surface area (Å²) < 4.78 is 28.5. The van der Waals surface area contributed by atoms with E-state index in [-0.39, 0.29) is 28.7 Å². The summed E-state index contributed by atoms with van der Waals surface area (Å²) in [5.41, 5.74) is 2.35. The molecule has 1 aliphatic heterocycles. The van der Waals surface area contributed by atoms with E-state index in [9.17, 15) is 18.0 Å². The maximum Gasteiger partial charge on any atom is 0.261 e. The number of rotatable bonds is 8. The maximum atomic E-state index is 13.0. The number of anilines is 1. The number of para-hydroxylation sites is 1. The summed E-state index contributed by atoms with van der Waals surface area (Å²) in [6.45, 7) is 8.92. The molecule has 1 heterocycles. The van der Waals surface area contributed by atoms with E-state index in [0.717, 1.165) is 18.4 Å². The first-order chi connectivity index (χ1) is 16.2. The number of carbonyl (C=O) groups is 2. The molecule has 0 bridgehead atoms. The Bertz CT molecular complexity index is 1130. The van der Waals surface area contributed by atoms with Gasteiger partial charge in [0.2, 0.25) is 5.91 Å². The summed E-state index contributed by atoms with van der Waals surface area (Å²) >= 11 is 0. The van der Waals surface area contributed by atoms with Gasteiger partial charge in [-0.05, 0) is 68.9 Å². The number of hydrogen-bond donors (Lipinski definition) is 2. The number of hydrogen-bond acceptors (Lipinski definition) is 4. The Kier molecular flexibility index (Phi) is 8.36. The molecule has 0 aromatic heterocycles. The van der Waals surface area contributed by atoms with Gasteiger partial charge in [0, 0.05) is 30.6 Å². The second-order valence-electron chi connectivity index (χ2n) is 8.98. The van der Waals surface area contributed by atoms with Crippen molar-refractivity contribution in [2.45, 2.75) is 64.3 Å². The molecule has 184 valence electrons. The molecule has 0 spiro atoms. The first kappa shape index (κ1) is 25.7. The van der Waals surface area contributed by atoms with Crippen LogP contribution in [-0.4, -0.2) is 44.3 Å². The molecule has 0 saturated carbocycles. The summed E-state index contributed by atoms with van der Waals surface area (Å²) in [4.78, 5) is 27.6. The second kappa shape index (κ2) is 11.0. The Morgan fingerprint density at radius 3 is 2.26 bits per heavy atom. The van der Waals surface area contributed by atoms with Crippen LogP contribution in [0, 0.1) is 19.8 Å². The standard InChI is InChI=1S/C26H35N3O4S/c1-5-20(6-2)26(31)29-15-13-21(14-16-29)27-25(30)23-17-22(12-11-18(23)3)34(32,33)28-24-10-8-7-9-19(24)4/h7-12,17,20-21,28H,5-6,13-16H2,1-4H3,(H,27,30). The molecule has 7 nitrogen and oxygen atoms in total. The van der Waals surface area contributed by atoms with Gasteiger partial charge in [-0.2, -0.15) is 0 Å². The van der Waals surface area contributed by atoms with Crippen LogP contribution in [0.3, 0.4) is 0 Å². The highest BCUT2D eigenvalue weighted by Crippen LogP contribution is 2.22. The van der Waals surface area contributed by atoms with Gasteiger partial charge in [0.1, 0.15) is 0 Å². The molecule has 1 fully saturated rings. The van der Waals surface area contributed by atoms with Gasteiger partial charge in [-0.1, -0.05) is 38.1 Å². The minimum Gasteiger partial charge on any atom is -0.349 e. The van der Waals surface area contributed by atoms with E-state index >= 15 is 0 Å². The minimum absolute atomic E-state index is 0.0390. The van der Waals surface area contributed by atoms with Crippen LogP contribution >= 0.6 is 0 Å². The van der Waals surface area contributed by atoms with Gasteiger partial charge in [-0.3, -0.25) is 14.3 Å². The van der Waals surface area contributed by atoms with Crippen molar-refractivity contribution in [1.29, 1.82) is 0 Å². The third kappa shape index (κ3) is 5.97. The fourth-order valence-corrected chi connectivity index (χ4v) is 5.46. The molecule has 2 aromatic carbocycles. The zero-order valence-corrected chi connectivity index (χ0v) is 21.2. The number of piperidine rings is 1. The zero-order chi connectivity index (χ0) is 24.9. The van der Waals surface area contributed by atoms with Crippen molar-refractivity contribution in [2.75, 3.05) is 17.8 Å².